The largest absolute Gasteiger partial charge is 0.313 e. The molecular weight excluding hydrogens is 306 g/mol. The summed E-state index contributed by atoms with van der Waals surface area (Å²) in [6, 6.07) is 6.76. The number of hydrogen-bond donors (Lipinski definition) is 1. The Morgan fingerprint density at radius 3 is 2.38 bits per heavy atom. The van der Waals surface area contributed by atoms with Crippen LogP contribution >= 0.6 is 0 Å². The van der Waals surface area contributed by atoms with Crippen molar-refractivity contribution in [2.45, 2.75) is 53.7 Å². The molecule has 0 heterocycles. The van der Waals surface area contributed by atoms with Crippen LogP contribution in [-0.2, 0) is 20.6 Å². The zero-order valence-electron chi connectivity index (χ0n) is 12.5. The molecule has 21 heavy (non-hydrogen) atoms. The van der Waals surface area contributed by atoms with Crippen LogP contribution in [0.2, 0.25) is 0 Å². The molecule has 4 nitrogen and oxygen atoms in total. The summed E-state index contributed by atoms with van der Waals surface area (Å²) in [5.41, 5.74) is 0. The number of nitrogens with one attached hydrogen (secondary N) is 1. The minimum Gasteiger partial charge on any atom is -0.313 e. The Morgan fingerprint density at radius 1 is 1.19 bits per heavy atom. The number of rotatable bonds is 5. The molecule has 1 aromatic rings. The van der Waals surface area contributed by atoms with Crippen LogP contribution in [0.1, 0.15) is 32.6 Å². The summed E-state index contributed by atoms with van der Waals surface area (Å²) in [7, 11) is -4.29. The molecule has 1 saturated carbocycles. The molecule has 1 aromatic carbocycles. The van der Waals surface area contributed by atoms with Crippen molar-refractivity contribution in [1.82, 2.24) is 5.32 Å². The maximum absolute atomic E-state index is 12.8. The van der Waals surface area contributed by atoms with E-state index in [4.69, 9.17) is 0 Å². The van der Waals surface area contributed by atoms with Gasteiger partial charge in [0.25, 0.3) is 0 Å². The second kappa shape index (κ2) is 7.03. The van der Waals surface area contributed by atoms with Crippen LogP contribution in [0, 0.1) is 0 Å². The molecule has 0 aromatic heterocycles. The molecule has 1 aliphatic carbocycles. The van der Waals surface area contributed by atoms with E-state index < -0.39 is 20.6 Å². The lowest BCUT2D eigenvalue weighted by molar-refractivity contribution is 0.385. The predicted octanol–water partition coefficient (Wildman–Crippen LogP) is 2.12. The molecule has 2 rings (SSSR count). The fourth-order valence-electron chi connectivity index (χ4n) is 2.84. The Balaban J connectivity index is 2.18. The fourth-order valence-corrected chi connectivity index (χ4v) is 5.14. The lowest BCUT2D eigenvalue weighted by atomic mass is 9.95. The third kappa shape index (κ3) is 4.14. The molecule has 6 heteroatoms. The van der Waals surface area contributed by atoms with Gasteiger partial charge < -0.3 is 5.32 Å². The van der Waals surface area contributed by atoms with Gasteiger partial charge in [0.15, 0.2) is 9.84 Å². The van der Waals surface area contributed by atoms with Crippen molar-refractivity contribution >= 4 is 20.6 Å². The van der Waals surface area contributed by atoms with Gasteiger partial charge in [-0.2, -0.15) is 0 Å². The van der Waals surface area contributed by atoms with Gasteiger partial charge in [-0.3, -0.25) is 4.21 Å². The monoisotopic (exact) mass is 329 g/mol. The first-order valence-corrected chi connectivity index (χ1v) is 10.5. The molecule has 3 atom stereocenters. The molecule has 1 N–H and O–H groups in total. The van der Waals surface area contributed by atoms with Crippen LogP contribution in [0.5, 0.6) is 0 Å². The van der Waals surface area contributed by atoms with E-state index in [0.29, 0.717) is 6.04 Å². The van der Waals surface area contributed by atoms with E-state index >= 15 is 0 Å². The van der Waals surface area contributed by atoms with Crippen molar-refractivity contribution in [2.75, 3.05) is 12.8 Å². The van der Waals surface area contributed by atoms with E-state index in [9.17, 15) is 12.6 Å². The van der Waals surface area contributed by atoms with E-state index in [2.05, 4.69) is 12.2 Å². The Bertz CT molecular complexity index is 594. The zero-order valence-corrected chi connectivity index (χ0v) is 14.2. The lowest BCUT2D eigenvalue weighted by Crippen LogP contribution is -2.44. The highest BCUT2D eigenvalue weighted by Crippen LogP contribution is 2.27. The smallest absolute Gasteiger partial charge is 0.175 e. The van der Waals surface area contributed by atoms with Crippen molar-refractivity contribution in [1.29, 1.82) is 0 Å². The molecule has 1 fully saturated rings. The molecule has 0 saturated heterocycles. The summed E-state index contributed by atoms with van der Waals surface area (Å²) in [5.74, 6) is 0. The second-order valence-corrected chi connectivity index (χ2v) is 9.22. The third-order valence-corrected chi connectivity index (χ3v) is 6.91. The van der Waals surface area contributed by atoms with Crippen molar-refractivity contribution in [3.05, 3.63) is 24.3 Å². The lowest BCUT2D eigenvalue weighted by Gasteiger charge is -2.31. The van der Waals surface area contributed by atoms with E-state index in [1.807, 2.05) is 0 Å². The van der Waals surface area contributed by atoms with Gasteiger partial charge in [0, 0.05) is 17.2 Å². The molecule has 0 radical (unpaired) electrons. The standard InChI is InChI=1S/C15H23NO3S2/c1-3-16-14-6-4-5-7-15(14)20(17)12-8-10-13(11-9-12)21(2,18)19/h8-11,14-16H,3-7H2,1-2H3. The van der Waals surface area contributed by atoms with Crippen LogP contribution in [0.4, 0.5) is 0 Å². The van der Waals surface area contributed by atoms with E-state index in [-0.39, 0.29) is 10.1 Å². The third-order valence-electron chi connectivity index (χ3n) is 3.93. The summed E-state index contributed by atoms with van der Waals surface area (Å²) in [5, 5.41) is 3.55. The molecule has 0 spiro atoms. The predicted molar refractivity (Wildman–Crippen MR) is 85.7 cm³/mol. The van der Waals surface area contributed by atoms with Gasteiger partial charge in [0.2, 0.25) is 0 Å². The Hall–Kier alpha value is -0.720. The molecular formula is C15H23NO3S2. The summed E-state index contributed by atoms with van der Waals surface area (Å²) >= 11 is 0. The minimum atomic E-state index is -3.20. The van der Waals surface area contributed by atoms with Gasteiger partial charge in [-0.25, -0.2) is 8.42 Å². The number of sulfone groups is 1. The van der Waals surface area contributed by atoms with Gasteiger partial charge in [0.05, 0.1) is 20.9 Å². The highest BCUT2D eigenvalue weighted by Gasteiger charge is 2.30. The fraction of sp³-hybridized carbons (Fsp3) is 0.600. The molecule has 118 valence electrons. The Morgan fingerprint density at radius 2 is 1.81 bits per heavy atom. The van der Waals surface area contributed by atoms with Crippen LogP contribution < -0.4 is 5.32 Å². The maximum Gasteiger partial charge on any atom is 0.175 e. The topological polar surface area (TPSA) is 63.2 Å². The van der Waals surface area contributed by atoms with Gasteiger partial charge in [-0.15, -0.1) is 0 Å². The molecule has 0 aliphatic heterocycles. The summed E-state index contributed by atoms with van der Waals surface area (Å²) in [6.45, 7) is 2.95. The minimum absolute atomic E-state index is 0.114. The zero-order chi connectivity index (χ0) is 15.5. The average Bonchev–Trinajstić information content (AvgIpc) is 2.47. The Kier molecular flexibility index (Phi) is 5.57. The highest BCUT2D eigenvalue weighted by atomic mass is 32.2. The van der Waals surface area contributed by atoms with Crippen molar-refractivity contribution in [3.8, 4) is 0 Å². The molecule has 0 amide bonds. The molecule has 0 bridgehead atoms. The normalized spacial score (nSPS) is 24.7. The first-order chi connectivity index (χ1) is 9.93. The first-order valence-electron chi connectivity index (χ1n) is 7.37. The van der Waals surface area contributed by atoms with E-state index in [1.165, 1.54) is 12.7 Å². The van der Waals surface area contributed by atoms with Crippen LogP contribution in [-0.4, -0.2) is 36.7 Å². The Labute approximate surface area is 129 Å². The van der Waals surface area contributed by atoms with Crippen LogP contribution in [0.25, 0.3) is 0 Å². The van der Waals surface area contributed by atoms with Gasteiger partial charge in [-0.1, -0.05) is 19.8 Å². The summed E-state index contributed by atoms with van der Waals surface area (Å²) in [6.07, 6.45) is 5.49. The highest BCUT2D eigenvalue weighted by molar-refractivity contribution is 7.90. The van der Waals surface area contributed by atoms with Crippen molar-refractivity contribution in [3.63, 3.8) is 0 Å². The van der Waals surface area contributed by atoms with Gasteiger partial charge in [-0.05, 0) is 43.7 Å². The quantitative estimate of drug-likeness (QED) is 0.899. The molecule has 1 aliphatic rings. The van der Waals surface area contributed by atoms with E-state index in [1.54, 1.807) is 24.3 Å². The van der Waals surface area contributed by atoms with Crippen LogP contribution in [0.15, 0.2) is 34.1 Å². The average molecular weight is 329 g/mol. The first kappa shape index (κ1) is 16.6. The summed E-state index contributed by atoms with van der Waals surface area (Å²) in [4.78, 5) is 0.993. The number of hydrogen-bond acceptors (Lipinski definition) is 4. The SMILES string of the molecule is CCNC1CCCCC1S(=O)c1ccc(S(C)(=O)=O)cc1. The molecule has 3 unspecified atom stereocenters. The van der Waals surface area contributed by atoms with Crippen molar-refractivity contribution < 1.29 is 12.6 Å². The van der Waals surface area contributed by atoms with Gasteiger partial charge >= 0.3 is 0 Å². The number of benzene rings is 1. The maximum atomic E-state index is 12.8. The van der Waals surface area contributed by atoms with Crippen LogP contribution in [0.3, 0.4) is 0 Å². The second-order valence-electron chi connectivity index (χ2n) is 5.53. The summed E-state index contributed by atoms with van der Waals surface area (Å²) < 4.78 is 35.7. The van der Waals surface area contributed by atoms with Gasteiger partial charge in [0.1, 0.15) is 0 Å². The van der Waals surface area contributed by atoms with Crippen molar-refractivity contribution in [2.24, 2.45) is 0 Å². The van der Waals surface area contributed by atoms with E-state index in [0.717, 1.165) is 30.7 Å².